The molecule has 32 heavy (non-hydrogen) atoms. The van der Waals surface area contributed by atoms with Crippen molar-refractivity contribution in [3.8, 4) is 0 Å². The lowest BCUT2D eigenvalue weighted by Crippen LogP contribution is -2.49. The zero-order valence-electron chi connectivity index (χ0n) is 18.5. The molecule has 4 nitrogen and oxygen atoms in total. The third-order valence-corrected chi connectivity index (χ3v) is 7.32. The third-order valence-electron chi connectivity index (χ3n) is 6.58. The molecular weight excluding hydrogens is 445 g/mol. The Kier molecular flexibility index (Phi) is 8.12. The number of benzene rings is 2. The lowest BCUT2D eigenvalue weighted by Gasteiger charge is -2.41. The maximum absolute atomic E-state index is 13.6. The van der Waals surface area contributed by atoms with Crippen LogP contribution in [0, 0.1) is 5.92 Å². The van der Waals surface area contributed by atoms with Crippen LogP contribution in [0.3, 0.4) is 0 Å². The number of ether oxygens (including phenoxy) is 2. The van der Waals surface area contributed by atoms with Crippen molar-refractivity contribution in [1.29, 1.82) is 0 Å². The van der Waals surface area contributed by atoms with Gasteiger partial charge in [0.25, 0.3) is 0 Å². The number of halogens is 2. The molecule has 4 rings (SSSR count). The van der Waals surface area contributed by atoms with Crippen LogP contribution in [0.15, 0.2) is 48.5 Å². The minimum absolute atomic E-state index is 0.0643. The van der Waals surface area contributed by atoms with Crippen molar-refractivity contribution in [3.05, 3.63) is 69.7 Å². The van der Waals surface area contributed by atoms with Gasteiger partial charge in [0, 0.05) is 25.6 Å². The maximum Gasteiger partial charge on any atom is 0.228 e. The summed E-state index contributed by atoms with van der Waals surface area (Å²) in [6.45, 7) is 4.76. The Morgan fingerprint density at radius 1 is 1.16 bits per heavy atom. The highest BCUT2D eigenvalue weighted by Gasteiger charge is 2.40. The Morgan fingerprint density at radius 2 is 1.97 bits per heavy atom. The van der Waals surface area contributed by atoms with Gasteiger partial charge in [-0.3, -0.25) is 4.79 Å². The standard InChI is InChI=1S/C26H31Cl2NO3/c1-2-25(32-21-9-6-12-31-17-21)22-13-20(19-10-11-23(27)24(28)14-19)16-29(26(22)30)15-18-7-4-3-5-8-18/h3-5,7-8,10-11,14,20-22,25H,2,6,9,12-13,15-17H2,1H3. The molecule has 0 spiro atoms. The molecule has 2 fully saturated rings. The summed E-state index contributed by atoms with van der Waals surface area (Å²) in [7, 11) is 0. The minimum atomic E-state index is -0.196. The number of nitrogens with zero attached hydrogens (tertiary/aromatic N) is 1. The number of hydrogen-bond acceptors (Lipinski definition) is 3. The zero-order chi connectivity index (χ0) is 22.5. The zero-order valence-corrected chi connectivity index (χ0v) is 20.0. The summed E-state index contributed by atoms with van der Waals surface area (Å²) in [6.07, 6.45) is 3.47. The van der Waals surface area contributed by atoms with Crippen molar-refractivity contribution in [2.24, 2.45) is 5.92 Å². The van der Waals surface area contributed by atoms with Gasteiger partial charge in [0.2, 0.25) is 5.91 Å². The lowest BCUT2D eigenvalue weighted by atomic mass is 9.80. The van der Waals surface area contributed by atoms with Gasteiger partial charge in [-0.25, -0.2) is 0 Å². The number of carbonyl (C=O) groups is 1. The van der Waals surface area contributed by atoms with Crippen LogP contribution in [-0.4, -0.2) is 42.8 Å². The van der Waals surface area contributed by atoms with E-state index in [9.17, 15) is 4.79 Å². The van der Waals surface area contributed by atoms with E-state index in [4.69, 9.17) is 32.7 Å². The van der Waals surface area contributed by atoms with E-state index >= 15 is 0 Å². The molecule has 2 saturated heterocycles. The molecule has 0 N–H and O–H groups in total. The van der Waals surface area contributed by atoms with Crippen molar-refractivity contribution in [2.75, 3.05) is 19.8 Å². The second kappa shape index (κ2) is 11.0. The Morgan fingerprint density at radius 3 is 2.66 bits per heavy atom. The van der Waals surface area contributed by atoms with Gasteiger partial charge in [0.15, 0.2) is 0 Å². The summed E-state index contributed by atoms with van der Waals surface area (Å²) in [5, 5.41) is 1.10. The Balaban J connectivity index is 1.58. The molecule has 2 heterocycles. The lowest BCUT2D eigenvalue weighted by molar-refractivity contribution is -0.154. The average Bonchev–Trinajstić information content (AvgIpc) is 2.82. The fourth-order valence-electron chi connectivity index (χ4n) is 4.88. The van der Waals surface area contributed by atoms with Crippen LogP contribution in [0.1, 0.15) is 49.7 Å². The van der Waals surface area contributed by atoms with Crippen LogP contribution < -0.4 is 0 Å². The van der Waals surface area contributed by atoms with Crippen LogP contribution in [0.25, 0.3) is 0 Å². The van der Waals surface area contributed by atoms with E-state index < -0.39 is 0 Å². The highest BCUT2D eigenvalue weighted by molar-refractivity contribution is 6.42. The van der Waals surface area contributed by atoms with Gasteiger partial charge >= 0.3 is 0 Å². The molecule has 2 aliphatic rings. The highest BCUT2D eigenvalue weighted by atomic mass is 35.5. The van der Waals surface area contributed by atoms with Gasteiger partial charge in [-0.1, -0.05) is 66.5 Å². The van der Waals surface area contributed by atoms with E-state index in [1.165, 1.54) is 0 Å². The van der Waals surface area contributed by atoms with Crippen LogP contribution in [-0.2, 0) is 20.8 Å². The van der Waals surface area contributed by atoms with E-state index in [-0.39, 0.29) is 30.0 Å². The van der Waals surface area contributed by atoms with E-state index in [0.29, 0.717) is 29.7 Å². The van der Waals surface area contributed by atoms with Gasteiger partial charge in [0.05, 0.1) is 34.8 Å². The Labute approximate surface area is 200 Å². The number of carbonyl (C=O) groups excluding carboxylic acids is 1. The molecule has 2 aromatic rings. The smallest absolute Gasteiger partial charge is 0.228 e. The predicted octanol–water partition coefficient (Wildman–Crippen LogP) is 6.10. The maximum atomic E-state index is 13.6. The molecule has 6 heteroatoms. The van der Waals surface area contributed by atoms with E-state index in [2.05, 4.69) is 19.1 Å². The first-order valence-electron chi connectivity index (χ1n) is 11.6. The van der Waals surface area contributed by atoms with Crippen LogP contribution in [0.2, 0.25) is 10.0 Å². The molecule has 172 valence electrons. The summed E-state index contributed by atoms with van der Waals surface area (Å²) >= 11 is 12.5. The molecule has 0 radical (unpaired) electrons. The molecule has 4 atom stereocenters. The number of rotatable bonds is 7. The van der Waals surface area contributed by atoms with Crippen molar-refractivity contribution >= 4 is 29.1 Å². The summed E-state index contributed by atoms with van der Waals surface area (Å²) < 4.78 is 12.1. The van der Waals surface area contributed by atoms with Gasteiger partial charge < -0.3 is 14.4 Å². The molecule has 0 saturated carbocycles. The topological polar surface area (TPSA) is 38.8 Å². The van der Waals surface area contributed by atoms with Crippen LogP contribution in [0.5, 0.6) is 0 Å². The molecule has 0 aliphatic carbocycles. The van der Waals surface area contributed by atoms with E-state index in [1.54, 1.807) is 0 Å². The first-order valence-corrected chi connectivity index (χ1v) is 12.3. The largest absolute Gasteiger partial charge is 0.379 e. The van der Waals surface area contributed by atoms with Gasteiger partial charge in [-0.05, 0) is 48.9 Å². The Bertz CT molecular complexity index is 901. The summed E-state index contributed by atoms with van der Waals surface area (Å²) in [4.78, 5) is 15.6. The molecule has 2 aromatic carbocycles. The van der Waals surface area contributed by atoms with Gasteiger partial charge in [-0.2, -0.15) is 0 Å². The van der Waals surface area contributed by atoms with E-state index in [0.717, 1.165) is 43.4 Å². The number of likely N-dealkylation sites (tertiary alicyclic amines) is 1. The molecule has 4 unspecified atom stereocenters. The quantitative estimate of drug-likeness (QED) is 0.485. The fourth-order valence-corrected chi connectivity index (χ4v) is 5.19. The second-order valence-electron chi connectivity index (χ2n) is 8.84. The SMILES string of the molecule is CCC(OC1CCCOC1)C1CC(c2ccc(Cl)c(Cl)c2)CN(Cc2ccccc2)C1=O. The number of hydrogen-bond donors (Lipinski definition) is 0. The summed E-state index contributed by atoms with van der Waals surface area (Å²) in [6, 6.07) is 16.0. The van der Waals surface area contributed by atoms with Crippen LogP contribution in [0.4, 0.5) is 0 Å². The predicted molar refractivity (Wildman–Crippen MR) is 128 cm³/mol. The molecule has 2 aliphatic heterocycles. The average molecular weight is 476 g/mol. The highest BCUT2D eigenvalue weighted by Crippen LogP contribution is 2.37. The normalized spacial score (nSPS) is 25.0. The molecule has 0 aromatic heterocycles. The summed E-state index contributed by atoms with van der Waals surface area (Å²) in [5.41, 5.74) is 2.25. The minimum Gasteiger partial charge on any atom is -0.379 e. The van der Waals surface area contributed by atoms with Gasteiger partial charge in [0.1, 0.15) is 0 Å². The number of piperidine rings is 1. The van der Waals surface area contributed by atoms with Crippen LogP contribution >= 0.6 is 23.2 Å². The van der Waals surface area contributed by atoms with Crippen molar-refractivity contribution in [2.45, 2.75) is 57.3 Å². The first-order chi connectivity index (χ1) is 15.5. The Hall–Kier alpha value is -1.59. The fraction of sp³-hybridized carbons (Fsp3) is 0.500. The second-order valence-corrected chi connectivity index (χ2v) is 9.65. The summed E-state index contributed by atoms with van der Waals surface area (Å²) in [5.74, 6) is 0.156. The molecular formula is C26H31Cl2NO3. The molecule has 0 bridgehead atoms. The van der Waals surface area contributed by atoms with Crippen molar-refractivity contribution in [3.63, 3.8) is 0 Å². The van der Waals surface area contributed by atoms with E-state index in [1.807, 2.05) is 41.3 Å². The number of amides is 1. The third kappa shape index (κ3) is 5.66. The monoisotopic (exact) mass is 475 g/mol. The van der Waals surface area contributed by atoms with Crippen molar-refractivity contribution < 1.29 is 14.3 Å². The molecule has 1 amide bonds. The first kappa shape index (κ1) is 23.6. The van der Waals surface area contributed by atoms with Gasteiger partial charge in [-0.15, -0.1) is 0 Å². The van der Waals surface area contributed by atoms with Crippen molar-refractivity contribution in [1.82, 2.24) is 4.90 Å².